The number of hydrogen-bond donors (Lipinski definition) is 1. The van der Waals surface area contributed by atoms with Crippen molar-refractivity contribution >= 4 is 29.1 Å². The minimum Gasteiger partial charge on any atom is -0.338 e. The Balaban J connectivity index is 1.98. The van der Waals surface area contributed by atoms with E-state index in [9.17, 15) is 9.18 Å². The van der Waals surface area contributed by atoms with E-state index < -0.39 is 17.8 Å². The molecule has 1 heterocycles. The van der Waals surface area contributed by atoms with Crippen LogP contribution in [0.3, 0.4) is 0 Å². The van der Waals surface area contributed by atoms with Crippen molar-refractivity contribution in [1.82, 2.24) is 14.9 Å². The molecule has 0 radical (unpaired) electrons. The fourth-order valence-electron chi connectivity index (χ4n) is 2.50. The molecule has 0 bridgehead atoms. The van der Waals surface area contributed by atoms with Gasteiger partial charge in [-0.1, -0.05) is 41.4 Å². The summed E-state index contributed by atoms with van der Waals surface area (Å²) in [6, 6.07) is 10.1. The quantitative estimate of drug-likeness (QED) is 0.732. The normalized spacial score (nSPS) is 12.0. The molecule has 3 aromatic rings. The van der Waals surface area contributed by atoms with Gasteiger partial charge in [0.1, 0.15) is 17.7 Å². The first kappa shape index (κ1) is 17.5. The first-order chi connectivity index (χ1) is 12.0. The first-order valence-electron chi connectivity index (χ1n) is 7.45. The second-order valence-electron chi connectivity index (χ2n) is 5.45. The zero-order valence-electron chi connectivity index (χ0n) is 13.2. The highest BCUT2D eigenvalue weighted by atomic mass is 35.5. The molecule has 1 aromatic heterocycles. The maximum atomic E-state index is 14.3. The van der Waals surface area contributed by atoms with Crippen LogP contribution in [0, 0.1) is 5.82 Å². The minimum atomic E-state index is -0.747. The predicted molar refractivity (Wildman–Crippen MR) is 95.4 cm³/mol. The molecule has 4 nitrogen and oxygen atoms in total. The van der Waals surface area contributed by atoms with Crippen LogP contribution in [0.5, 0.6) is 0 Å². The molecule has 0 saturated heterocycles. The van der Waals surface area contributed by atoms with Gasteiger partial charge in [0.25, 0.3) is 5.91 Å². The van der Waals surface area contributed by atoms with Crippen molar-refractivity contribution in [3.63, 3.8) is 0 Å². The number of hydrogen-bond acceptors (Lipinski definition) is 2. The molecule has 0 spiro atoms. The average molecular weight is 378 g/mol. The Morgan fingerprint density at radius 3 is 2.60 bits per heavy atom. The fraction of sp³-hybridized carbons (Fsp3) is 0.111. The molecule has 1 atom stereocenters. The topological polar surface area (TPSA) is 46.9 Å². The van der Waals surface area contributed by atoms with Gasteiger partial charge in [0.05, 0.1) is 10.0 Å². The van der Waals surface area contributed by atoms with Crippen LogP contribution in [0.15, 0.2) is 54.9 Å². The largest absolute Gasteiger partial charge is 0.338 e. The second-order valence-corrected chi connectivity index (χ2v) is 6.27. The third-order valence-electron chi connectivity index (χ3n) is 3.79. The van der Waals surface area contributed by atoms with Crippen LogP contribution in [0.1, 0.15) is 27.8 Å². The van der Waals surface area contributed by atoms with E-state index in [0.29, 0.717) is 22.0 Å². The van der Waals surface area contributed by atoms with Crippen LogP contribution < -0.4 is 5.32 Å². The van der Waals surface area contributed by atoms with Gasteiger partial charge in [0, 0.05) is 30.6 Å². The summed E-state index contributed by atoms with van der Waals surface area (Å²) < 4.78 is 16.0. The van der Waals surface area contributed by atoms with Gasteiger partial charge in [-0.2, -0.15) is 0 Å². The number of carbonyl (C=O) groups excluding carboxylic acids is 1. The van der Waals surface area contributed by atoms with Crippen molar-refractivity contribution in [1.29, 1.82) is 0 Å². The molecule has 2 aromatic carbocycles. The number of carbonyl (C=O) groups is 1. The molecular weight excluding hydrogens is 364 g/mol. The molecule has 7 heteroatoms. The SMILES string of the molecule is Cn1ccnc1C(NC(=O)c1ccc(Cl)c(Cl)c1)c1ccccc1F. The summed E-state index contributed by atoms with van der Waals surface area (Å²) in [7, 11) is 1.78. The molecule has 1 N–H and O–H groups in total. The second kappa shape index (κ2) is 7.25. The number of aryl methyl sites for hydroxylation is 1. The zero-order chi connectivity index (χ0) is 18.0. The predicted octanol–water partition coefficient (Wildman–Crippen LogP) is 4.39. The van der Waals surface area contributed by atoms with Crippen LogP contribution in [-0.4, -0.2) is 15.5 Å². The third-order valence-corrected chi connectivity index (χ3v) is 4.53. The Bertz CT molecular complexity index is 926. The summed E-state index contributed by atoms with van der Waals surface area (Å²) in [5, 5.41) is 3.44. The van der Waals surface area contributed by atoms with Gasteiger partial charge in [-0.05, 0) is 24.3 Å². The van der Waals surface area contributed by atoms with Gasteiger partial charge >= 0.3 is 0 Å². The van der Waals surface area contributed by atoms with Crippen LogP contribution in [0.25, 0.3) is 0 Å². The summed E-state index contributed by atoms with van der Waals surface area (Å²) in [6.07, 6.45) is 3.32. The summed E-state index contributed by atoms with van der Waals surface area (Å²) in [5.74, 6) is -0.321. The number of benzene rings is 2. The number of aromatic nitrogens is 2. The average Bonchev–Trinajstić information content (AvgIpc) is 3.01. The van der Waals surface area contributed by atoms with Crippen LogP contribution in [0.2, 0.25) is 10.0 Å². The Kier molecular flexibility index (Phi) is 5.06. The molecule has 0 aliphatic carbocycles. The smallest absolute Gasteiger partial charge is 0.252 e. The molecule has 25 heavy (non-hydrogen) atoms. The molecular formula is C18H14Cl2FN3O. The summed E-state index contributed by atoms with van der Waals surface area (Å²) in [6.45, 7) is 0. The number of nitrogens with zero attached hydrogens (tertiary/aromatic N) is 2. The highest BCUT2D eigenvalue weighted by molar-refractivity contribution is 6.42. The number of imidazole rings is 1. The lowest BCUT2D eigenvalue weighted by atomic mass is 10.0. The minimum absolute atomic E-state index is 0.272. The van der Waals surface area contributed by atoms with Crippen molar-refractivity contribution in [2.75, 3.05) is 0 Å². The van der Waals surface area contributed by atoms with Crippen molar-refractivity contribution in [2.24, 2.45) is 7.05 Å². The van der Waals surface area contributed by atoms with Gasteiger partial charge in [0.2, 0.25) is 0 Å². The van der Waals surface area contributed by atoms with E-state index in [0.717, 1.165) is 0 Å². The number of halogens is 3. The van der Waals surface area contributed by atoms with E-state index in [1.165, 1.54) is 18.2 Å². The standard InChI is InChI=1S/C18H14Cl2FN3O/c1-24-9-8-22-17(24)16(12-4-2-3-5-15(12)21)23-18(25)11-6-7-13(19)14(20)10-11/h2-10,16H,1H3,(H,23,25). The Labute approximate surface area is 154 Å². The molecule has 1 amide bonds. The third kappa shape index (κ3) is 3.67. The molecule has 0 aliphatic heterocycles. The van der Waals surface area contributed by atoms with E-state index in [4.69, 9.17) is 23.2 Å². The molecule has 3 rings (SSSR count). The molecule has 0 fully saturated rings. The van der Waals surface area contributed by atoms with E-state index in [1.807, 2.05) is 0 Å². The maximum absolute atomic E-state index is 14.3. The Morgan fingerprint density at radius 2 is 1.96 bits per heavy atom. The van der Waals surface area contributed by atoms with E-state index in [2.05, 4.69) is 10.3 Å². The highest BCUT2D eigenvalue weighted by Gasteiger charge is 2.24. The van der Waals surface area contributed by atoms with Gasteiger partial charge in [-0.25, -0.2) is 9.37 Å². The molecule has 128 valence electrons. The summed E-state index contributed by atoms with van der Waals surface area (Å²) in [4.78, 5) is 16.9. The maximum Gasteiger partial charge on any atom is 0.252 e. The van der Waals surface area contributed by atoms with Crippen LogP contribution in [0.4, 0.5) is 4.39 Å². The lowest BCUT2D eigenvalue weighted by molar-refractivity contribution is 0.0940. The van der Waals surface area contributed by atoms with Crippen molar-refractivity contribution in [3.05, 3.63) is 87.7 Å². The highest BCUT2D eigenvalue weighted by Crippen LogP contribution is 2.25. The zero-order valence-corrected chi connectivity index (χ0v) is 14.7. The van der Waals surface area contributed by atoms with E-state index >= 15 is 0 Å². The molecule has 0 aliphatic rings. The molecule has 1 unspecified atom stereocenters. The van der Waals surface area contributed by atoms with Crippen LogP contribution in [-0.2, 0) is 7.05 Å². The van der Waals surface area contributed by atoms with Crippen molar-refractivity contribution in [2.45, 2.75) is 6.04 Å². The summed E-state index contributed by atoms with van der Waals surface area (Å²) >= 11 is 11.9. The van der Waals surface area contributed by atoms with Gasteiger partial charge in [0.15, 0.2) is 0 Å². The van der Waals surface area contributed by atoms with E-state index in [1.54, 1.807) is 48.3 Å². The number of nitrogens with one attached hydrogen (secondary N) is 1. The van der Waals surface area contributed by atoms with Crippen molar-refractivity contribution < 1.29 is 9.18 Å². The van der Waals surface area contributed by atoms with Crippen LogP contribution >= 0.6 is 23.2 Å². The van der Waals surface area contributed by atoms with E-state index in [-0.39, 0.29) is 5.02 Å². The lowest BCUT2D eigenvalue weighted by Crippen LogP contribution is -2.31. The summed E-state index contributed by atoms with van der Waals surface area (Å²) in [5.41, 5.74) is 0.648. The van der Waals surface area contributed by atoms with Crippen molar-refractivity contribution in [3.8, 4) is 0 Å². The fourth-order valence-corrected chi connectivity index (χ4v) is 2.80. The number of rotatable bonds is 4. The lowest BCUT2D eigenvalue weighted by Gasteiger charge is -2.20. The molecule has 0 saturated carbocycles. The number of amides is 1. The Morgan fingerprint density at radius 1 is 1.20 bits per heavy atom. The van der Waals surface area contributed by atoms with Gasteiger partial charge < -0.3 is 9.88 Å². The van der Waals surface area contributed by atoms with Gasteiger partial charge in [-0.15, -0.1) is 0 Å². The van der Waals surface area contributed by atoms with Gasteiger partial charge in [-0.3, -0.25) is 4.79 Å². The first-order valence-corrected chi connectivity index (χ1v) is 8.20. The monoisotopic (exact) mass is 377 g/mol. The Hall–Kier alpha value is -2.37.